The average molecular weight is 822 g/mol. The van der Waals surface area contributed by atoms with Crippen LogP contribution in [0.15, 0.2) is 30.3 Å². The van der Waals surface area contributed by atoms with E-state index in [1.54, 1.807) is 37.4 Å². The summed E-state index contributed by atoms with van der Waals surface area (Å²) in [6, 6.07) is 10.5. The molecule has 2 heterocycles. The van der Waals surface area contributed by atoms with Crippen molar-refractivity contribution in [2.24, 2.45) is 35.3 Å². The molecule has 1 aliphatic heterocycles. The molecule has 11 nitrogen and oxygen atoms in total. The number of hydrogen-bond donors (Lipinski definition) is 3. The van der Waals surface area contributed by atoms with E-state index in [4.69, 9.17) is 27.7 Å². The Morgan fingerprint density at radius 3 is 1.68 bits per heavy atom. The van der Waals surface area contributed by atoms with Gasteiger partial charge in [-0.15, -0.1) is 0 Å². The van der Waals surface area contributed by atoms with Crippen LogP contribution in [0.3, 0.4) is 0 Å². The predicted octanol–water partition coefficient (Wildman–Crippen LogP) is 9.76. The summed E-state index contributed by atoms with van der Waals surface area (Å²) in [6.07, 6.45) is 3.52. The lowest BCUT2D eigenvalue weighted by atomic mass is 10.00. The van der Waals surface area contributed by atoms with Crippen molar-refractivity contribution >= 4 is 35.1 Å². The third kappa shape index (κ3) is 19.1. The summed E-state index contributed by atoms with van der Waals surface area (Å²) in [6.45, 7) is 28.3. The summed E-state index contributed by atoms with van der Waals surface area (Å²) in [5.41, 5.74) is 6.74. The number of carbonyl (C=O) groups excluding carboxylic acids is 3. The maximum Gasteiger partial charge on any atom is 0.261 e. The van der Waals surface area contributed by atoms with Crippen LogP contribution in [0.2, 0.25) is 5.15 Å². The van der Waals surface area contributed by atoms with Crippen LogP contribution in [0.1, 0.15) is 149 Å². The monoisotopic (exact) mass is 821 g/mol. The van der Waals surface area contributed by atoms with Gasteiger partial charge in [0.25, 0.3) is 11.8 Å². The van der Waals surface area contributed by atoms with E-state index in [-0.39, 0.29) is 64.3 Å². The van der Waals surface area contributed by atoms with E-state index < -0.39 is 5.82 Å². The van der Waals surface area contributed by atoms with Crippen molar-refractivity contribution in [3.63, 3.8) is 0 Å². The number of fused-ring (bicyclic) bond motifs is 1. The molecule has 2 aromatic rings. The van der Waals surface area contributed by atoms with Gasteiger partial charge in [-0.25, -0.2) is 14.4 Å². The molecule has 3 amide bonds. The summed E-state index contributed by atoms with van der Waals surface area (Å²) in [7, 11) is 3.07. The number of nitriles is 1. The van der Waals surface area contributed by atoms with Gasteiger partial charge in [-0.3, -0.25) is 24.1 Å². The smallest absolute Gasteiger partial charge is 0.261 e. The molecular formula is C44H74ClFN6O5. The number of imide groups is 1. The third-order valence-electron chi connectivity index (χ3n) is 9.56. The molecule has 1 aromatic carbocycles. The molecule has 0 saturated carbocycles. The number of halogens is 2. The fraction of sp³-hybridized carbons (Fsp3) is 0.659. The van der Waals surface area contributed by atoms with Crippen molar-refractivity contribution in [3.8, 4) is 6.07 Å². The zero-order valence-corrected chi connectivity index (χ0v) is 38.4. The van der Waals surface area contributed by atoms with Crippen LogP contribution in [0.25, 0.3) is 0 Å². The van der Waals surface area contributed by atoms with E-state index in [1.165, 1.54) is 17.1 Å². The molecule has 0 spiro atoms. The minimum Gasteiger partial charge on any atom is -0.393 e. The zero-order chi connectivity index (χ0) is 44.7. The Bertz CT molecular complexity index is 1480. The van der Waals surface area contributed by atoms with Crippen LogP contribution in [-0.2, 0) is 9.63 Å². The largest absolute Gasteiger partial charge is 0.393 e. The quantitative estimate of drug-likeness (QED) is 0.101. The van der Waals surface area contributed by atoms with E-state index in [2.05, 4.69) is 35.9 Å². The molecule has 1 unspecified atom stereocenters. The van der Waals surface area contributed by atoms with Gasteiger partial charge in [0.2, 0.25) is 5.91 Å². The van der Waals surface area contributed by atoms with Gasteiger partial charge in [-0.1, -0.05) is 121 Å². The molecule has 0 bridgehead atoms. The van der Waals surface area contributed by atoms with Crippen LogP contribution in [0.5, 0.6) is 0 Å². The highest BCUT2D eigenvalue weighted by atomic mass is 35.5. The fourth-order valence-corrected chi connectivity index (χ4v) is 5.60. The fourth-order valence-electron chi connectivity index (χ4n) is 5.42. The second kappa shape index (κ2) is 28.7. The van der Waals surface area contributed by atoms with Crippen molar-refractivity contribution < 1.29 is 28.7 Å². The summed E-state index contributed by atoms with van der Waals surface area (Å²) in [5, 5.41) is 21.9. The highest BCUT2D eigenvalue weighted by Gasteiger charge is 2.39. The molecule has 57 heavy (non-hydrogen) atoms. The maximum absolute atomic E-state index is 13.6. The Morgan fingerprint density at radius 2 is 1.42 bits per heavy atom. The molecular weight excluding hydrogens is 747 g/mol. The number of nitrogens with zero attached hydrogens (tertiary/aromatic N) is 4. The van der Waals surface area contributed by atoms with E-state index in [9.17, 15) is 18.8 Å². The van der Waals surface area contributed by atoms with Crippen molar-refractivity contribution in [2.75, 3.05) is 19.5 Å². The molecule has 4 atom stereocenters. The van der Waals surface area contributed by atoms with Gasteiger partial charge < -0.3 is 16.2 Å². The van der Waals surface area contributed by atoms with Gasteiger partial charge in [0.15, 0.2) is 11.6 Å². The van der Waals surface area contributed by atoms with Gasteiger partial charge in [0.05, 0.1) is 29.9 Å². The highest BCUT2D eigenvalue weighted by Crippen LogP contribution is 2.28. The summed E-state index contributed by atoms with van der Waals surface area (Å²) in [5.74, 6) is 0.970. The molecule has 13 heteroatoms. The van der Waals surface area contributed by atoms with Crippen molar-refractivity contribution in [2.45, 2.75) is 147 Å². The Morgan fingerprint density at radius 1 is 0.912 bits per heavy atom. The van der Waals surface area contributed by atoms with E-state index in [1.807, 2.05) is 76.2 Å². The number of nitrogens with one attached hydrogen (secondary N) is 1. The predicted molar refractivity (Wildman–Crippen MR) is 231 cm³/mol. The topological polar surface area (TPSA) is 162 Å². The zero-order valence-electron chi connectivity index (χ0n) is 37.6. The number of amides is 3. The maximum atomic E-state index is 13.6. The molecule has 0 fully saturated rings. The molecule has 1 aromatic heterocycles. The van der Waals surface area contributed by atoms with Crippen molar-refractivity contribution in [1.82, 2.24) is 14.9 Å². The van der Waals surface area contributed by atoms with Crippen LogP contribution in [-0.4, -0.2) is 76.2 Å². The number of aliphatic hydroxyl groups is 1. The SMILES string of the molecule is CCC(O)C(C)C.CC[C@@H](C(C)C)N1C(=O)c2ccccc2C1=O.CC[C@H](N)C(C)C.CC[C@H](Nc1nc(Cl)c(C#N)cc1F)C(C)C.CON(C)C(=O)C(C)C. The first-order valence-corrected chi connectivity index (χ1v) is 20.6. The van der Waals surface area contributed by atoms with Gasteiger partial charge in [-0.05, 0) is 67.6 Å². The second-order valence-electron chi connectivity index (χ2n) is 15.6. The van der Waals surface area contributed by atoms with Crippen molar-refractivity contribution in [1.29, 1.82) is 5.26 Å². The summed E-state index contributed by atoms with van der Waals surface area (Å²) < 4.78 is 13.6. The number of carbonyl (C=O) groups is 3. The number of anilines is 1. The number of rotatable bonds is 13. The molecule has 3 rings (SSSR count). The summed E-state index contributed by atoms with van der Waals surface area (Å²) >= 11 is 5.77. The number of aromatic nitrogens is 1. The van der Waals surface area contributed by atoms with Crippen LogP contribution < -0.4 is 11.1 Å². The Hall–Kier alpha value is -3.63. The van der Waals surface area contributed by atoms with Crippen LogP contribution >= 0.6 is 11.6 Å². The van der Waals surface area contributed by atoms with Crippen LogP contribution in [0, 0.1) is 46.7 Å². The number of hydrogen-bond acceptors (Lipinski definition) is 9. The van der Waals surface area contributed by atoms with Crippen LogP contribution in [0.4, 0.5) is 10.2 Å². The first-order valence-electron chi connectivity index (χ1n) is 20.3. The lowest BCUT2D eigenvalue weighted by molar-refractivity contribution is -0.172. The van der Waals surface area contributed by atoms with E-state index >= 15 is 0 Å². The highest BCUT2D eigenvalue weighted by molar-refractivity contribution is 6.30. The van der Waals surface area contributed by atoms with Gasteiger partial charge >= 0.3 is 0 Å². The number of nitrogens with two attached hydrogens (primary N) is 1. The number of hydroxylamine groups is 2. The first-order chi connectivity index (χ1) is 26.5. The van der Waals surface area contributed by atoms with Gasteiger partial charge in [0.1, 0.15) is 11.2 Å². The summed E-state index contributed by atoms with van der Waals surface area (Å²) in [4.78, 5) is 45.3. The molecule has 0 aliphatic carbocycles. The molecule has 1 aliphatic rings. The molecule has 4 N–H and O–H groups in total. The Balaban J connectivity index is 0. The van der Waals surface area contributed by atoms with E-state index in [0.29, 0.717) is 34.9 Å². The Kier molecular flexibility index (Phi) is 27.9. The average Bonchev–Trinajstić information content (AvgIpc) is 3.42. The normalized spacial score (nSPS) is 13.9. The van der Waals surface area contributed by atoms with Crippen molar-refractivity contribution in [3.05, 3.63) is 58.0 Å². The minimum absolute atomic E-state index is 0.00231. The lowest BCUT2D eigenvalue weighted by Crippen LogP contribution is -2.42. The van der Waals surface area contributed by atoms with Gasteiger partial charge in [0, 0.05) is 31.1 Å². The first kappa shape index (κ1) is 55.5. The Labute approximate surface area is 348 Å². The lowest BCUT2D eigenvalue weighted by Gasteiger charge is -2.28. The molecule has 0 radical (unpaired) electrons. The third-order valence-corrected chi connectivity index (χ3v) is 9.84. The number of benzene rings is 1. The minimum atomic E-state index is -0.551. The molecule has 0 saturated heterocycles. The number of aliphatic hydroxyl groups excluding tert-OH is 1. The second-order valence-corrected chi connectivity index (χ2v) is 16.0. The molecule has 324 valence electrons. The number of pyridine rings is 1. The van der Waals surface area contributed by atoms with E-state index in [0.717, 1.165) is 31.7 Å². The standard InChI is InChI=1S/C14H17NO2.C12H15ClFN3.C6H13NO2.C6H15N.C6H14O/c1-4-12(9(2)3)15-13(16)10-7-5-6-8-11(10)14(15)17;1-4-10(7(2)3)16-12-9(14)5-8(6-15)11(13)17-12;1-5(2)6(8)7(3)9-4;2*1-4-6(7)5(2)3/h5-9,12H,4H2,1-3H3;5,7,10H,4H2,1-3H3,(H,16,17);5H,1-4H3;5-6H,4,7H2,1-3H3;5-7H,4H2,1-3H3/t12-;10-;;6-;/m00.0./s1. The van der Waals surface area contributed by atoms with Gasteiger partial charge in [-0.2, -0.15) is 5.26 Å².